The number of carbonyl (C=O) groups excluding carboxylic acids is 1. The van der Waals surface area contributed by atoms with Gasteiger partial charge in [0, 0.05) is 24.2 Å². The van der Waals surface area contributed by atoms with E-state index in [0.717, 1.165) is 31.0 Å². The van der Waals surface area contributed by atoms with E-state index in [2.05, 4.69) is 41.4 Å². The zero-order valence-corrected chi connectivity index (χ0v) is 12.1. The van der Waals surface area contributed by atoms with Crippen LogP contribution in [-0.4, -0.2) is 34.5 Å². The van der Waals surface area contributed by atoms with Crippen LogP contribution < -0.4 is 5.32 Å². The van der Waals surface area contributed by atoms with Crippen LogP contribution in [0, 0.1) is 6.92 Å². The van der Waals surface area contributed by atoms with Crippen molar-refractivity contribution in [2.75, 3.05) is 11.6 Å². The van der Waals surface area contributed by atoms with E-state index in [1.165, 1.54) is 11.1 Å². The van der Waals surface area contributed by atoms with E-state index in [9.17, 15) is 4.79 Å². The van der Waals surface area contributed by atoms with Crippen LogP contribution >= 0.6 is 11.8 Å². The monoisotopic (exact) mass is 276 g/mol. The van der Waals surface area contributed by atoms with Gasteiger partial charge in [-0.2, -0.15) is 0 Å². The number of nitrogens with zero attached hydrogens (tertiary/aromatic N) is 1. The van der Waals surface area contributed by atoms with Crippen molar-refractivity contribution in [2.45, 2.75) is 38.4 Å². The Bertz CT molecular complexity index is 450. The molecule has 102 valence electrons. The minimum atomic E-state index is 0.0241. The summed E-state index contributed by atoms with van der Waals surface area (Å²) in [5.41, 5.74) is 2.50. The van der Waals surface area contributed by atoms with Crippen LogP contribution in [-0.2, 0) is 11.3 Å². The molecular formula is C15H20N2OS. The quantitative estimate of drug-likeness (QED) is 0.914. The third-order valence-electron chi connectivity index (χ3n) is 3.76. The summed E-state index contributed by atoms with van der Waals surface area (Å²) in [5, 5.41) is 3.29. The van der Waals surface area contributed by atoms with Crippen molar-refractivity contribution in [1.82, 2.24) is 10.2 Å². The van der Waals surface area contributed by atoms with E-state index in [4.69, 9.17) is 0 Å². The van der Waals surface area contributed by atoms with Crippen molar-refractivity contribution in [3.8, 4) is 0 Å². The Balaban J connectivity index is 1.70. The molecule has 3 rings (SSSR count). The Morgan fingerprint density at radius 2 is 2.11 bits per heavy atom. The first-order chi connectivity index (χ1) is 9.24. The molecule has 1 aliphatic carbocycles. The van der Waals surface area contributed by atoms with Crippen LogP contribution in [0.5, 0.6) is 0 Å². The number of rotatable bonds is 4. The average Bonchev–Trinajstić information content (AvgIpc) is 3.11. The van der Waals surface area contributed by atoms with Crippen LogP contribution in [0.4, 0.5) is 0 Å². The molecule has 2 fully saturated rings. The van der Waals surface area contributed by atoms with Gasteiger partial charge in [-0.15, -0.1) is 11.8 Å². The van der Waals surface area contributed by atoms with Gasteiger partial charge in [-0.1, -0.05) is 29.8 Å². The Kier molecular flexibility index (Phi) is 3.80. The van der Waals surface area contributed by atoms with Gasteiger partial charge in [-0.25, -0.2) is 0 Å². The predicted molar refractivity (Wildman–Crippen MR) is 79.0 cm³/mol. The number of amides is 1. The summed E-state index contributed by atoms with van der Waals surface area (Å²) in [6.07, 6.45) is 2.33. The van der Waals surface area contributed by atoms with Crippen LogP contribution in [0.3, 0.4) is 0 Å². The Hall–Kier alpha value is -1.00. The molecule has 2 aliphatic rings. The Labute approximate surface area is 118 Å². The molecule has 0 radical (unpaired) electrons. The standard InChI is InChI=1S/C15H20N2OS/c1-11-2-4-12(5-3-11)8-17(13-6-7-13)15(18)14-9-19-10-16-14/h2-5,13-14,16H,6-10H2,1H3. The molecule has 3 nitrogen and oxygen atoms in total. The van der Waals surface area contributed by atoms with Gasteiger partial charge in [0.2, 0.25) is 5.91 Å². The van der Waals surface area contributed by atoms with Gasteiger partial charge in [-0.3, -0.25) is 10.1 Å². The highest BCUT2D eigenvalue weighted by molar-refractivity contribution is 7.99. The molecular weight excluding hydrogens is 256 g/mol. The Morgan fingerprint density at radius 1 is 1.37 bits per heavy atom. The topological polar surface area (TPSA) is 32.3 Å². The number of benzene rings is 1. The molecule has 1 atom stereocenters. The molecule has 1 aromatic carbocycles. The average molecular weight is 276 g/mol. The second-order valence-electron chi connectivity index (χ2n) is 5.45. The lowest BCUT2D eigenvalue weighted by molar-refractivity contribution is -0.133. The summed E-state index contributed by atoms with van der Waals surface area (Å²) >= 11 is 1.81. The molecule has 1 aromatic rings. The molecule has 1 aliphatic heterocycles. The van der Waals surface area contributed by atoms with Gasteiger partial charge in [0.15, 0.2) is 0 Å². The van der Waals surface area contributed by atoms with E-state index in [1.807, 2.05) is 11.8 Å². The summed E-state index contributed by atoms with van der Waals surface area (Å²) in [6, 6.07) is 9.00. The SMILES string of the molecule is Cc1ccc(CN(C(=O)C2CSCN2)C2CC2)cc1. The molecule has 1 saturated heterocycles. The van der Waals surface area contributed by atoms with Crippen molar-refractivity contribution in [3.63, 3.8) is 0 Å². The van der Waals surface area contributed by atoms with Crippen molar-refractivity contribution >= 4 is 17.7 Å². The molecule has 1 N–H and O–H groups in total. The van der Waals surface area contributed by atoms with E-state index < -0.39 is 0 Å². The lowest BCUT2D eigenvalue weighted by Gasteiger charge is -2.25. The number of hydrogen-bond acceptors (Lipinski definition) is 3. The first-order valence-corrected chi connectivity index (χ1v) is 8.06. The molecule has 1 heterocycles. The maximum absolute atomic E-state index is 12.5. The molecule has 4 heteroatoms. The molecule has 0 bridgehead atoms. The molecule has 1 saturated carbocycles. The van der Waals surface area contributed by atoms with Crippen LogP contribution in [0.25, 0.3) is 0 Å². The summed E-state index contributed by atoms with van der Waals surface area (Å²) < 4.78 is 0. The molecule has 1 amide bonds. The van der Waals surface area contributed by atoms with Crippen LogP contribution in [0.2, 0.25) is 0 Å². The highest BCUT2D eigenvalue weighted by Crippen LogP contribution is 2.30. The lowest BCUT2D eigenvalue weighted by atomic mass is 10.1. The van der Waals surface area contributed by atoms with Crippen LogP contribution in [0.1, 0.15) is 24.0 Å². The minimum Gasteiger partial charge on any atom is -0.334 e. The molecule has 19 heavy (non-hydrogen) atoms. The molecule has 0 aromatic heterocycles. The van der Waals surface area contributed by atoms with Crippen molar-refractivity contribution in [1.29, 1.82) is 0 Å². The highest BCUT2D eigenvalue weighted by atomic mass is 32.2. The fourth-order valence-corrected chi connectivity index (χ4v) is 3.35. The van der Waals surface area contributed by atoms with E-state index >= 15 is 0 Å². The van der Waals surface area contributed by atoms with Gasteiger partial charge in [-0.05, 0) is 25.3 Å². The zero-order chi connectivity index (χ0) is 13.2. The maximum Gasteiger partial charge on any atom is 0.241 e. The van der Waals surface area contributed by atoms with Crippen molar-refractivity contribution in [3.05, 3.63) is 35.4 Å². The largest absolute Gasteiger partial charge is 0.334 e. The second-order valence-corrected chi connectivity index (χ2v) is 6.49. The van der Waals surface area contributed by atoms with Gasteiger partial charge < -0.3 is 4.90 Å². The molecule has 1 unspecified atom stereocenters. The maximum atomic E-state index is 12.5. The number of aryl methyl sites for hydroxylation is 1. The second kappa shape index (κ2) is 5.55. The fourth-order valence-electron chi connectivity index (χ4n) is 2.42. The third-order valence-corrected chi connectivity index (χ3v) is 4.70. The number of carbonyl (C=O) groups is 1. The van der Waals surface area contributed by atoms with Crippen molar-refractivity contribution < 1.29 is 4.79 Å². The first kappa shape index (κ1) is 13.0. The normalized spacial score (nSPS) is 22.5. The van der Waals surface area contributed by atoms with Gasteiger partial charge in [0.25, 0.3) is 0 Å². The smallest absolute Gasteiger partial charge is 0.241 e. The van der Waals surface area contributed by atoms with Gasteiger partial charge in [0.05, 0.1) is 6.04 Å². The zero-order valence-electron chi connectivity index (χ0n) is 11.3. The lowest BCUT2D eigenvalue weighted by Crippen LogP contribution is -2.45. The van der Waals surface area contributed by atoms with E-state index in [0.29, 0.717) is 6.04 Å². The van der Waals surface area contributed by atoms with Gasteiger partial charge >= 0.3 is 0 Å². The Morgan fingerprint density at radius 3 is 2.68 bits per heavy atom. The number of thioether (sulfide) groups is 1. The number of hydrogen-bond donors (Lipinski definition) is 1. The summed E-state index contributed by atoms with van der Waals surface area (Å²) in [6.45, 7) is 2.85. The summed E-state index contributed by atoms with van der Waals surface area (Å²) in [5.74, 6) is 2.10. The number of nitrogens with one attached hydrogen (secondary N) is 1. The molecule has 0 spiro atoms. The highest BCUT2D eigenvalue weighted by Gasteiger charge is 2.36. The van der Waals surface area contributed by atoms with Crippen molar-refractivity contribution in [2.24, 2.45) is 0 Å². The van der Waals surface area contributed by atoms with Gasteiger partial charge in [0.1, 0.15) is 0 Å². The fraction of sp³-hybridized carbons (Fsp3) is 0.533. The predicted octanol–water partition coefficient (Wildman–Crippen LogP) is 2.15. The third kappa shape index (κ3) is 3.12. The minimum absolute atomic E-state index is 0.0241. The van der Waals surface area contributed by atoms with E-state index in [1.54, 1.807) is 0 Å². The summed E-state index contributed by atoms with van der Waals surface area (Å²) in [7, 11) is 0. The summed E-state index contributed by atoms with van der Waals surface area (Å²) in [4.78, 5) is 14.6. The first-order valence-electron chi connectivity index (χ1n) is 6.91. The van der Waals surface area contributed by atoms with E-state index in [-0.39, 0.29) is 11.9 Å². The van der Waals surface area contributed by atoms with Crippen LogP contribution in [0.15, 0.2) is 24.3 Å².